The first-order valence-electron chi connectivity index (χ1n) is 9.97. The molecule has 1 amide bonds. The minimum absolute atomic E-state index is 0.264. The third-order valence-corrected chi connectivity index (χ3v) is 5.50. The first-order valence-corrected chi connectivity index (χ1v) is 9.97. The van der Waals surface area contributed by atoms with Crippen molar-refractivity contribution in [3.63, 3.8) is 0 Å². The molecule has 1 aliphatic heterocycles. The summed E-state index contributed by atoms with van der Waals surface area (Å²) in [5, 5.41) is 48.8. The van der Waals surface area contributed by atoms with E-state index in [-0.39, 0.29) is 5.69 Å². The second-order valence-corrected chi connectivity index (χ2v) is 7.79. The summed E-state index contributed by atoms with van der Waals surface area (Å²) in [6, 6.07) is 3.58. The maximum atomic E-state index is 15.4. The zero-order valence-corrected chi connectivity index (χ0v) is 17.7. The number of rotatable bonds is 7. The molecule has 7 atom stereocenters. The number of aryl methyl sites for hydroxylation is 1. The Morgan fingerprint density at radius 3 is 2.58 bits per heavy atom. The van der Waals surface area contributed by atoms with Gasteiger partial charge in [0, 0.05) is 12.5 Å². The molecule has 3 rings (SSSR count). The van der Waals surface area contributed by atoms with E-state index in [9.17, 15) is 24.9 Å². The molecule has 1 saturated heterocycles. The van der Waals surface area contributed by atoms with Gasteiger partial charge in [-0.25, -0.2) is 13.9 Å². The van der Waals surface area contributed by atoms with E-state index < -0.39 is 60.9 Å². The van der Waals surface area contributed by atoms with Crippen LogP contribution in [-0.4, -0.2) is 90.3 Å². The standard InChI is InChI=1S/C20H24F2N4O7/c1-9-5-3-4-6-11(9)12-7-26(25-24-12)15-14(23-10(2)28)17(16(30)13(29)8-27)33-20(22,18(15)21)19(31)32/h3-7,13-18,27,29-30H,8H2,1-2H3,(H,23,28)(H,31,32)/t13-,14-,15-,16-,17-,18?,20?/m1/s1. The van der Waals surface area contributed by atoms with Crippen molar-refractivity contribution in [1.82, 2.24) is 20.3 Å². The van der Waals surface area contributed by atoms with Gasteiger partial charge >= 0.3 is 11.8 Å². The van der Waals surface area contributed by atoms with E-state index in [0.29, 0.717) is 5.56 Å². The molecule has 13 heteroatoms. The van der Waals surface area contributed by atoms with Gasteiger partial charge in [0.2, 0.25) is 5.91 Å². The number of nitrogens with zero attached hydrogens (tertiary/aromatic N) is 3. The van der Waals surface area contributed by atoms with E-state index in [1.165, 1.54) is 6.20 Å². The number of hydrogen-bond donors (Lipinski definition) is 5. The van der Waals surface area contributed by atoms with Gasteiger partial charge in [0.25, 0.3) is 0 Å². The Hall–Kier alpha value is -3.00. The third-order valence-electron chi connectivity index (χ3n) is 5.50. The van der Waals surface area contributed by atoms with Crippen molar-refractivity contribution in [1.29, 1.82) is 0 Å². The number of carboxylic acids is 1. The maximum Gasteiger partial charge on any atom is 0.372 e. The fraction of sp³-hybridized carbons (Fsp3) is 0.500. The van der Waals surface area contributed by atoms with Crippen LogP contribution in [0.1, 0.15) is 18.5 Å². The predicted octanol–water partition coefficient (Wildman–Crippen LogP) is -0.499. The van der Waals surface area contributed by atoms with Crippen LogP contribution in [0.5, 0.6) is 0 Å². The van der Waals surface area contributed by atoms with Gasteiger partial charge in [0.05, 0.1) is 18.8 Å². The Morgan fingerprint density at radius 1 is 1.33 bits per heavy atom. The molecule has 33 heavy (non-hydrogen) atoms. The maximum absolute atomic E-state index is 15.4. The summed E-state index contributed by atoms with van der Waals surface area (Å²) in [5.74, 6) is -7.02. The summed E-state index contributed by atoms with van der Waals surface area (Å²) in [7, 11) is 0. The van der Waals surface area contributed by atoms with E-state index in [4.69, 9.17) is 9.84 Å². The molecule has 1 aromatic carbocycles. The zero-order chi connectivity index (χ0) is 24.5. The number of benzene rings is 1. The molecule has 1 fully saturated rings. The Labute approximate surface area is 186 Å². The van der Waals surface area contributed by atoms with Crippen molar-refractivity contribution in [2.45, 2.75) is 56.3 Å². The minimum Gasteiger partial charge on any atom is -0.477 e. The van der Waals surface area contributed by atoms with E-state index in [2.05, 4.69) is 15.6 Å². The van der Waals surface area contributed by atoms with Crippen molar-refractivity contribution in [3.05, 3.63) is 36.0 Å². The summed E-state index contributed by atoms with van der Waals surface area (Å²) >= 11 is 0. The third kappa shape index (κ3) is 4.57. The quantitative estimate of drug-likeness (QED) is 0.358. The van der Waals surface area contributed by atoms with Crippen LogP contribution in [0.25, 0.3) is 11.3 Å². The lowest BCUT2D eigenvalue weighted by Gasteiger charge is -2.46. The van der Waals surface area contributed by atoms with Crippen molar-refractivity contribution >= 4 is 11.9 Å². The first kappa shape index (κ1) is 24.6. The average Bonchev–Trinajstić information content (AvgIpc) is 3.24. The fourth-order valence-electron chi connectivity index (χ4n) is 3.82. The fourth-order valence-corrected chi connectivity index (χ4v) is 3.82. The van der Waals surface area contributed by atoms with Crippen LogP contribution < -0.4 is 5.32 Å². The van der Waals surface area contributed by atoms with Crippen LogP contribution in [0, 0.1) is 6.92 Å². The molecule has 0 radical (unpaired) electrons. The highest BCUT2D eigenvalue weighted by Crippen LogP contribution is 2.41. The number of halogens is 2. The number of aliphatic hydroxyl groups is 3. The second kappa shape index (κ2) is 9.47. The largest absolute Gasteiger partial charge is 0.477 e. The van der Waals surface area contributed by atoms with Gasteiger partial charge in [-0.1, -0.05) is 29.5 Å². The number of aliphatic carboxylic acids is 1. The zero-order valence-electron chi connectivity index (χ0n) is 17.7. The normalized spacial score (nSPS) is 29.3. The van der Waals surface area contributed by atoms with Gasteiger partial charge < -0.3 is 30.5 Å². The van der Waals surface area contributed by atoms with Gasteiger partial charge in [0.1, 0.15) is 30.0 Å². The van der Waals surface area contributed by atoms with Crippen LogP contribution in [0.15, 0.2) is 30.5 Å². The topological polar surface area (TPSA) is 167 Å². The molecule has 0 bridgehead atoms. The Bertz CT molecular complexity index is 1020. The number of carbonyl (C=O) groups excluding carboxylic acids is 1. The predicted molar refractivity (Wildman–Crippen MR) is 107 cm³/mol. The molecular weight excluding hydrogens is 446 g/mol. The molecule has 1 aromatic heterocycles. The second-order valence-electron chi connectivity index (χ2n) is 7.79. The molecule has 11 nitrogen and oxygen atoms in total. The molecule has 0 saturated carbocycles. The molecule has 0 spiro atoms. The summed E-state index contributed by atoms with van der Waals surface area (Å²) in [6.45, 7) is 1.86. The summed E-state index contributed by atoms with van der Waals surface area (Å²) in [4.78, 5) is 23.4. The van der Waals surface area contributed by atoms with Gasteiger partial charge in [0.15, 0.2) is 6.17 Å². The van der Waals surface area contributed by atoms with Crippen molar-refractivity contribution in [3.8, 4) is 11.3 Å². The number of nitrogens with one attached hydrogen (secondary N) is 1. The van der Waals surface area contributed by atoms with Crippen molar-refractivity contribution in [2.75, 3.05) is 6.61 Å². The summed E-state index contributed by atoms with van der Waals surface area (Å²) < 4.78 is 36.3. The van der Waals surface area contributed by atoms with Gasteiger partial charge in [-0.3, -0.25) is 4.79 Å². The lowest BCUT2D eigenvalue weighted by atomic mass is 9.86. The van der Waals surface area contributed by atoms with Crippen molar-refractivity contribution in [2.24, 2.45) is 0 Å². The molecule has 5 N–H and O–H groups in total. The van der Waals surface area contributed by atoms with Crippen LogP contribution in [0.3, 0.4) is 0 Å². The number of hydrogen-bond acceptors (Lipinski definition) is 8. The molecule has 2 heterocycles. The van der Waals surface area contributed by atoms with E-state index in [1.54, 1.807) is 31.2 Å². The summed E-state index contributed by atoms with van der Waals surface area (Å²) in [5.41, 5.74) is 1.69. The number of aromatic nitrogens is 3. The molecule has 2 aromatic rings. The Morgan fingerprint density at radius 2 is 2.00 bits per heavy atom. The number of ether oxygens (including phenoxy) is 1. The Kier molecular flexibility index (Phi) is 7.07. The highest BCUT2D eigenvalue weighted by Gasteiger charge is 2.64. The molecule has 180 valence electrons. The lowest BCUT2D eigenvalue weighted by Crippen LogP contribution is -2.69. The van der Waals surface area contributed by atoms with E-state index in [0.717, 1.165) is 17.2 Å². The monoisotopic (exact) mass is 470 g/mol. The lowest BCUT2D eigenvalue weighted by molar-refractivity contribution is -0.283. The van der Waals surface area contributed by atoms with Crippen molar-refractivity contribution < 1.29 is 43.5 Å². The van der Waals surface area contributed by atoms with E-state index >= 15 is 8.78 Å². The minimum atomic E-state index is -3.96. The number of alkyl halides is 2. The number of carbonyl (C=O) groups is 2. The molecular formula is C20H24F2N4O7. The van der Waals surface area contributed by atoms with Crippen LogP contribution in [0.4, 0.5) is 8.78 Å². The van der Waals surface area contributed by atoms with Crippen LogP contribution >= 0.6 is 0 Å². The SMILES string of the molecule is CC(=O)N[C@H]1[C@H]([C@H](O)[C@H](O)CO)OC(F)(C(=O)O)C(F)[C@@H]1n1cc(-c2ccccc2C)nn1. The average molecular weight is 470 g/mol. The number of carboxylic acid groups (broad SMARTS) is 1. The van der Waals surface area contributed by atoms with Crippen LogP contribution in [0.2, 0.25) is 0 Å². The highest BCUT2D eigenvalue weighted by atomic mass is 19.2. The number of amides is 1. The van der Waals surface area contributed by atoms with Gasteiger partial charge in [-0.2, -0.15) is 4.39 Å². The highest BCUT2D eigenvalue weighted by molar-refractivity contribution is 5.77. The molecule has 0 aliphatic carbocycles. The Balaban J connectivity index is 2.13. The summed E-state index contributed by atoms with van der Waals surface area (Å²) in [6.07, 6.45) is -7.63. The van der Waals surface area contributed by atoms with Gasteiger partial charge in [-0.05, 0) is 12.5 Å². The van der Waals surface area contributed by atoms with E-state index in [1.807, 2.05) is 0 Å². The molecule has 2 unspecified atom stereocenters. The van der Waals surface area contributed by atoms with Gasteiger partial charge in [-0.15, -0.1) is 5.10 Å². The number of aliphatic hydroxyl groups excluding tert-OH is 3. The first-order chi connectivity index (χ1) is 15.5. The molecule has 1 aliphatic rings. The smallest absolute Gasteiger partial charge is 0.372 e. The van der Waals surface area contributed by atoms with Crippen LogP contribution in [-0.2, 0) is 14.3 Å².